The van der Waals surface area contributed by atoms with Crippen molar-refractivity contribution < 1.29 is 19.8 Å². The zero-order chi connectivity index (χ0) is 22.0. The van der Waals surface area contributed by atoms with Crippen molar-refractivity contribution in [1.82, 2.24) is 0 Å². The molecule has 0 aliphatic rings. The molecule has 0 radical (unpaired) electrons. The van der Waals surface area contributed by atoms with Gasteiger partial charge in [-0.25, -0.2) is 0 Å². The fraction of sp³-hybridized carbons (Fsp3) is 0.0370. The summed E-state index contributed by atoms with van der Waals surface area (Å²) in [5.74, 6) is -2.43. The number of benzene rings is 4. The van der Waals surface area contributed by atoms with Crippen LogP contribution < -0.4 is 10.2 Å². The average molecular weight is 406 g/mol. The number of aromatic carboxylic acids is 2. The lowest BCUT2D eigenvalue weighted by Crippen LogP contribution is -2.21. The first-order valence-corrected chi connectivity index (χ1v) is 9.76. The summed E-state index contributed by atoms with van der Waals surface area (Å²) >= 11 is 0. The molecule has 4 aromatic rings. The molecule has 0 amide bonds. The Morgan fingerprint density at radius 3 is 1.06 bits per heavy atom. The van der Waals surface area contributed by atoms with Gasteiger partial charge in [0.2, 0.25) is 0 Å². The molecule has 4 aromatic carbocycles. The molecule has 0 aliphatic heterocycles. The number of hydrogen-bond donors (Lipinski definition) is 0. The second kappa shape index (κ2) is 8.28. The SMILES string of the molecule is Cc1ccc(-c2cc(-c3ccc(C(=O)[O-])cc3)cc(-c3ccc(C(=O)[O-])cc3)c2)cc1. The van der Waals surface area contributed by atoms with Gasteiger partial charge in [0.1, 0.15) is 0 Å². The first-order valence-electron chi connectivity index (χ1n) is 9.76. The highest BCUT2D eigenvalue weighted by molar-refractivity contribution is 5.88. The summed E-state index contributed by atoms with van der Waals surface area (Å²) < 4.78 is 0. The van der Waals surface area contributed by atoms with Crippen LogP contribution in [0.1, 0.15) is 26.3 Å². The molecule has 4 rings (SSSR count). The van der Waals surface area contributed by atoms with Crippen LogP contribution in [-0.4, -0.2) is 11.9 Å². The van der Waals surface area contributed by atoms with E-state index >= 15 is 0 Å². The molecule has 0 saturated carbocycles. The summed E-state index contributed by atoms with van der Waals surface area (Å²) in [6, 6.07) is 27.4. The van der Waals surface area contributed by atoms with Crippen LogP contribution in [0.25, 0.3) is 33.4 Å². The Kier molecular flexibility index (Phi) is 5.37. The van der Waals surface area contributed by atoms with Crippen molar-refractivity contribution >= 4 is 11.9 Å². The van der Waals surface area contributed by atoms with Gasteiger partial charge in [-0.2, -0.15) is 0 Å². The largest absolute Gasteiger partial charge is 0.545 e. The molecular weight excluding hydrogens is 388 g/mol. The van der Waals surface area contributed by atoms with Gasteiger partial charge < -0.3 is 19.8 Å². The molecule has 0 aromatic heterocycles. The molecule has 0 atom stereocenters. The Bertz CT molecular complexity index is 1180. The van der Waals surface area contributed by atoms with E-state index in [9.17, 15) is 19.8 Å². The van der Waals surface area contributed by atoms with E-state index in [1.54, 1.807) is 24.3 Å². The molecule has 0 N–H and O–H groups in total. The first kappa shape index (κ1) is 20.1. The van der Waals surface area contributed by atoms with E-state index in [1.165, 1.54) is 24.3 Å². The summed E-state index contributed by atoms with van der Waals surface area (Å²) in [7, 11) is 0. The molecule has 0 heterocycles. The van der Waals surface area contributed by atoms with Crippen LogP contribution in [0.5, 0.6) is 0 Å². The van der Waals surface area contributed by atoms with Crippen molar-refractivity contribution in [2.24, 2.45) is 0 Å². The van der Waals surface area contributed by atoms with E-state index in [-0.39, 0.29) is 11.1 Å². The predicted octanol–water partition coefficient (Wildman–Crippen LogP) is 3.72. The van der Waals surface area contributed by atoms with Crippen molar-refractivity contribution in [2.45, 2.75) is 6.92 Å². The van der Waals surface area contributed by atoms with Crippen LogP contribution in [0.2, 0.25) is 0 Å². The minimum absolute atomic E-state index is 0.122. The van der Waals surface area contributed by atoms with Crippen molar-refractivity contribution in [2.75, 3.05) is 0 Å². The quantitative estimate of drug-likeness (QED) is 0.506. The molecule has 0 unspecified atom stereocenters. The molecule has 0 fully saturated rings. The van der Waals surface area contributed by atoms with E-state index in [4.69, 9.17) is 0 Å². The topological polar surface area (TPSA) is 80.3 Å². The van der Waals surface area contributed by atoms with E-state index in [1.807, 2.05) is 25.1 Å². The molecule has 0 spiro atoms. The minimum atomic E-state index is -1.21. The normalized spacial score (nSPS) is 10.6. The Hall–Kier alpha value is -4.18. The molecule has 0 aliphatic carbocycles. The maximum Gasteiger partial charge on any atom is 0.0715 e. The standard InChI is InChI=1S/C27H20O4/c1-17-2-4-18(5-3-17)23-14-24(19-6-10-21(11-7-19)26(28)29)16-25(15-23)20-8-12-22(13-9-20)27(30)31/h2-16H,1H3,(H,28,29)(H,30,31)/p-2. The van der Waals surface area contributed by atoms with Gasteiger partial charge in [0.15, 0.2) is 0 Å². The summed E-state index contributed by atoms with van der Waals surface area (Å²) in [4.78, 5) is 22.1. The second-order valence-corrected chi connectivity index (χ2v) is 7.39. The van der Waals surface area contributed by atoms with Gasteiger partial charge in [0.25, 0.3) is 0 Å². The first-order chi connectivity index (χ1) is 14.9. The van der Waals surface area contributed by atoms with E-state index in [0.29, 0.717) is 0 Å². The molecule has 4 nitrogen and oxygen atoms in total. The number of aryl methyl sites for hydroxylation is 1. The van der Waals surface area contributed by atoms with Gasteiger partial charge in [0.05, 0.1) is 11.9 Å². The molecule has 4 heteroatoms. The van der Waals surface area contributed by atoms with Crippen LogP contribution in [0.3, 0.4) is 0 Å². The Labute approximate surface area is 180 Å². The van der Waals surface area contributed by atoms with Crippen LogP contribution in [0.15, 0.2) is 91.0 Å². The summed E-state index contributed by atoms with van der Waals surface area (Å²) in [5.41, 5.74) is 7.03. The van der Waals surface area contributed by atoms with Gasteiger partial charge in [-0.05, 0) is 69.6 Å². The third-order valence-corrected chi connectivity index (χ3v) is 5.23. The number of carbonyl (C=O) groups excluding carboxylic acids is 2. The molecule has 152 valence electrons. The van der Waals surface area contributed by atoms with Crippen LogP contribution >= 0.6 is 0 Å². The highest BCUT2D eigenvalue weighted by Crippen LogP contribution is 2.33. The van der Waals surface area contributed by atoms with Gasteiger partial charge in [-0.3, -0.25) is 0 Å². The number of hydrogen-bond acceptors (Lipinski definition) is 4. The number of carboxylic acids is 2. The number of carbonyl (C=O) groups is 2. The summed E-state index contributed by atoms with van der Waals surface area (Å²) in [5, 5.41) is 22.1. The minimum Gasteiger partial charge on any atom is -0.545 e. The second-order valence-electron chi connectivity index (χ2n) is 7.39. The lowest BCUT2D eigenvalue weighted by molar-refractivity contribution is -0.256. The van der Waals surface area contributed by atoms with Crippen LogP contribution in [0, 0.1) is 6.92 Å². The number of carboxylic acid groups (broad SMARTS) is 2. The van der Waals surface area contributed by atoms with Gasteiger partial charge in [-0.1, -0.05) is 78.4 Å². The van der Waals surface area contributed by atoms with Crippen molar-refractivity contribution in [1.29, 1.82) is 0 Å². The molecule has 0 saturated heterocycles. The third kappa shape index (κ3) is 4.38. The highest BCUT2D eigenvalue weighted by atomic mass is 16.4. The van der Waals surface area contributed by atoms with E-state index in [2.05, 4.69) is 24.3 Å². The monoisotopic (exact) mass is 406 g/mol. The highest BCUT2D eigenvalue weighted by Gasteiger charge is 2.08. The molecular formula is C27H18O4-2. The Balaban J connectivity index is 1.84. The molecule has 31 heavy (non-hydrogen) atoms. The van der Waals surface area contributed by atoms with Crippen LogP contribution in [-0.2, 0) is 0 Å². The van der Waals surface area contributed by atoms with Crippen LogP contribution in [0.4, 0.5) is 0 Å². The fourth-order valence-electron chi connectivity index (χ4n) is 3.47. The lowest BCUT2D eigenvalue weighted by Gasteiger charge is -2.13. The fourth-order valence-corrected chi connectivity index (χ4v) is 3.47. The predicted molar refractivity (Wildman–Crippen MR) is 116 cm³/mol. The zero-order valence-electron chi connectivity index (χ0n) is 16.8. The lowest BCUT2D eigenvalue weighted by atomic mass is 9.92. The van der Waals surface area contributed by atoms with E-state index < -0.39 is 11.9 Å². The average Bonchev–Trinajstić information content (AvgIpc) is 2.79. The summed E-state index contributed by atoms with van der Waals surface area (Å²) in [6.07, 6.45) is 0. The van der Waals surface area contributed by atoms with Crippen molar-refractivity contribution in [3.63, 3.8) is 0 Å². The zero-order valence-corrected chi connectivity index (χ0v) is 16.8. The van der Waals surface area contributed by atoms with Crippen molar-refractivity contribution in [3.05, 3.63) is 108 Å². The smallest absolute Gasteiger partial charge is 0.0715 e. The Morgan fingerprint density at radius 1 is 0.484 bits per heavy atom. The maximum absolute atomic E-state index is 11.1. The third-order valence-electron chi connectivity index (χ3n) is 5.23. The Morgan fingerprint density at radius 2 is 0.774 bits per heavy atom. The van der Waals surface area contributed by atoms with Gasteiger partial charge in [0, 0.05) is 0 Å². The molecule has 0 bridgehead atoms. The van der Waals surface area contributed by atoms with Gasteiger partial charge >= 0.3 is 0 Å². The maximum atomic E-state index is 11.1. The summed E-state index contributed by atoms with van der Waals surface area (Å²) in [6.45, 7) is 2.03. The van der Waals surface area contributed by atoms with E-state index in [0.717, 1.165) is 38.9 Å². The number of rotatable bonds is 5. The van der Waals surface area contributed by atoms with Crippen molar-refractivity contribution in [3.8, 4) is 33.4 Å². The van der Waals surface area contributed by atoms with Gasteiger partial charge in [-0.15, -0.1) is 0 Å².